The average Bonchev–Trinajstić information content (AvgIpc) is 3.10. The van der Waals surface area contributed by atoms with Crippen molar-refractivity contribution in [3.63, 3.8) is 0 Å². The molecule has 1 saturated heterocycles. The van der Waals surface area contributed by atoms with E-state index in [-0.39, 0.29) is 34.5 Å². The van der Waals surface area contributed by atoms with Crippen LogP contribution in [0.15, 0.2) is 46.5 Å². The van der Waals surface area contributed by atoms with Crippen LogP contribution in [0.3, 0.4) is 0 Å². The first-order valence-corrected chi connectivity index (χ1v) is 13.9. The molecule has 1 fully saturated rings. The number of ketones is 1. The predicted molar refractivity (Wildman–Crippen MR) is 154 cm³/mol. The van der Waals surface area contributed by atoms with E-state index in [2.05, 4.69) is 105 Å². The molecule has 0 aliphatic carbocycles. The maximum absolute atomic E-state index is 13.8. The molecule has 3 rings (SSSR count). The van der Waals surface area contributed by atoms with E-state index in [0.717, 1.165) is 42.8 Å². The molecular weight excluding hydrogens is 512 g/mol. The Morgan fingerprint density at radius 2 is 1.56 bits per heavy atom. The molecule has 1 unspecified atom stereocenters. The Labute approximate surface area is 226 Å². The number of phenols is 1. The van der Waals surface area contributed by atoms with E-state index in [1.54, 1.807) is 0 Å². The quantitative estimate of drug-likeness (QED) is 0.354. The van der Waals surface area contributed by atoms with Crippen molar-refractivity contribution in [1.82, 2.24) is 4.90 Å². The Morgan fingerprint density at radius 3 is 2.00 bits per heavy atom. The minimum Gasteiger partial charge on any atom is -0.507 e. The molecule has 1 aliphatic rings. The molecule has 1 aliphatic heterocycles. The van der Waals surface area contributed by atoms with Gasteiger partial charge in [0, 0.05) is 29.2 Å². The van der Waals surface area contributed by atoms with E-state index in [1.807, 2.05) is 18.2 Å². The number of hydrogen-bond acceptors (Lipinski definition) is 3. The van der Waals surface area contributed by atoms with Crippen molar-refractivity contribution >= 4 is 27.8 Å². The molecule has 5 heteroatoms. The lowest BCUT2D eigenvalue weighted by Gasteiger charge is -2.32. The van der Waals surface area contributed by atoms with Gasteiger partial charge >= 0.3 is 0 Å². The van der Waals surface area contributed by atoms with Crippen LogP contribution in [0.5, 0.6) is 5.75 Å². The largest absolute Gasteiger partial charge is 0.507 e. The lowest BCUT2D eigenvalue weighted by atomic mass is 9.71. The second-order valence-electron chi connectivity index (χ2n) is 12.5. The first-order valence-electron chi connectivity index (χ1n) is 13.2. The fourth-order valence-corrected chi connectivity index (χ4v) is 6.11. The highest BCUT2D eigenvalue weighted by Crippen LogP contribution is 2.46. The zero-order valence-electron chi connectivity index (χ0n) is 23.3. The third kappa shape index (κ3) is 5.72. The number of hydrogen-bond donors (Lipinski definition) is 1. The maximum Gasteiger partial charge on any atom is 0.182 e. The van der Waals surface area contributed by atoms with Gasteiger partial charge in [-0.3, -0.25) is 4.79 Å². The van der Waals surface area contributed by atoms with Crippen molar-refractivity contribution < 1.29 is 9.90 Å². The van der Waals surface area contributed by atoms with Gasteiger partial charge in [0.05, 0.1) is 22.7 Å². The molecule has 0 spiro atoms. The fraction of sp³-hybridized carbons (Fsp3) is 0.548. The second kappa shape index (κ2) is 10.7. The van der Waals surface area contributed by atoms with Crippen molar-refractivity contribution in [2.24, 2.45) is 15.4 Å². The number of amidine groups is 1. The van der Waals surface area contributed by atoms with Gasteiger partial charge in [-0.15, -0.1) is 0 Å². The lowest BCUT2D eigenvalue weighted by Crippen LogP contribution is -2.33. The van der Waals surface area contributed by atoms with Crippen LogP contribution in [0, 0.1) is 11.3 Å². The monoisotopic (exact) mass is 554 g/mol. The number of carbonyl (C=O) groups is 1. The van der Waals surface area contributed by atoms with Gasteiger partial charge in [-0.05, 0) is 53.2 Å². The van der Waals surface area contributed by atoms with Crippen LogP contribution in [-0.2, 0) is 17.3 Å². The molecule has 1 atom stereocenters. The van der Waals surface area contributed by atoms with Gasteiger partial charge < -0.3 is 10.0 Å². The van der Waals surface area contributed by atoms with Gasteiger partial charge in [0.15, 0.2) is 5.78 Å². The first-order chi connectivity index (χ1) is 16.8. The molecular formula is C31H43BrN2O2. The summed E-state index contributed by atoms with van der Waals surface area (Å²) in [5.74, 6) is 1.55. The Bertz CT molecular complexity index is 1070. The number of benzene rings is 2. The molecule has 196 valence electrons. The molecule has 0 aromatic heterocycles. The molecule has 2 aromatic rings. The van der Waals surface area contributed by atoms with Gasteiger partial charge in [-0.25, -0.2) is 0 Å². The van der Waals surface area contributed by atoms with E-state index in [4.69, 9.17) is 0 Å². The van der Waals surface area contributed by atoms with Crippen LogP contribution in [-0.4, -0.2) is 34.7 Å². The summed E-state index contributed by atoms with van der Waals surface area (Å²) in [5, 5.41) is 11.1. The third-order valence-corrected chi connectivity index (χ3v) is 8.40. The van der Waals surface area contributed by atoms with Crippen LogP contribution in [0.1, 0.15) is 95.3 Å². The minimum absolute atomic E-state index is 0.0566. The number of halogens is 1. The smallest absolute Gasteiger partial charge is 0.182 e. The van der Waals surface area contributed by atoms with Crippen LogP contribution in [0.2, 0.25) is 0 Å². The van der Waals surface area contributed by atoms with Crippen molar-refractivity contribution in [3.8, 4) is 5.75 Å². The Hall–Kier alpha value is -2.14. The molecule has 36 heavy (non-hydrogen) atoms. The number of phenolic OH excluding ortho intramolecular Hbond substituents is 1. The topological polar surface area (TPSA) is 52.9 Å². The summed E-state index contributed by atoms with van der Waals surface area (Å²) in [5.41, 5.74) is 3.07. The lowest BCUT2D eigenvalue weighted by molar-refractivity contribution is 0.0953. The van der Waals surface area contributed by atoms with E-state index in [9.17, 15) is 9.90 Å². The molecule has 0 radical (unpaired) electrons. The Kier molecular flexibility index (Phi) is 8.44. The summed E-state index contributed by atoms with van der Waals surface area (Å²) in [6, 6.07) is 14.3. The van der Waals surface area contributed by atoms with Gasteiger partial charge in [-0.2, -0.15) is 4.02 Å². The summed E-state index contributed by atoms with van der Waals surface area (Å²) >= 11 is 3.41. The molecule has 0 bridgehead atoms. The van der Waals surface area contributed by atoms with Gasteiger partial charge in [0.2, 0.25) is 0 Å². The normalized spacial score (nSPS) is 19.2. The van der Waals surface area contributed by atoms with Gasteiger partial charge in [0.1, 0.15) is 11.6 Å². The second-order valence-corrected chi connectivity index (χ2v) is 12.8. The SMILES string of the molecule is CCC1(CC)CN(CC(=O)c2cc(C(C)(C)C)c(O)c(C(C)(C)C)c2)C(=NBr)C1Cc1ccccc1. The van der Waals surface area contributed by atoms with Crippen LogP contribution in [0.4, 0.5) is 0 Å². The minimum atomic E-state index is -0.281. The molecule has 1 N–H and O–H groups in total. The van der Waals surface area contributed by atoms with Crippen molar-refractivity contribution in [3.05, 3.63) is 64.7 Å². The Morgan fingerprint density at radius 1 is 1.03 bits per heavy atom. The number of carbonyl (C=O) groups excluding carboxylic acids is 1. The highest BCUT2D eigenvalue weighted by Gasteiger charge is 2.48. The number of rotatable bonds is 7. The highest BCUT2D eigenvalue weighted by atomic mass is 79.9. The number of likely N-dealkylation sites (tertiary alicyclic amines) is 1. The number of Topliss-reactive ketones (excluding diaryl/α,β-unsaturated/α-hetero) is 1. The van der Waals surface area contributed by atoms with E-state index < -0.39 is 0 Å². The summed E-state index contributed by atoms with van der Waals surface area (Å²) in [6.45, 7) is 18.0. The van der Waals surface area contributed by atoms with E-state index in [1.165, 1.54) is 5.56 Å². The molecule has 2 aromatic carbocycles. The average molecular weight is 556 g/mol. The summed E-state index contributed by atoms with van der Waals surface area (Å²) in [7, 11) is 0. The van der Waals surface area contributed by atoms with Crippen molar-refractivity contribution in [2.45, 2.75) is 85.5 Å². The van der Waals surface area contributed by atoms with Crippen LogP contribution < -0.4 is 0 Å². The summed E-state index contributed by atoms with van der Waals surface area (Å²) < 4.78 is 4.58. The maximum atomic E-state index is 13.8. The standard InChI is InChI=1S/C31H43BrN2O2/c1-9-31(10-2)20-34(28(33-32)25(31)16-21-14-12-11-13-15-21)19-26(35)22-17-23(29(3,4)5)27(36)24(18-22)30(6,7)8/h11-15,17-18,25,36H,9-10,16,19-20H2,1-8H3. The third-order valence-electron chi connectivity index (χ3n) is 8.04. The van der Waals surface area contributed by atoms with Crippen molar-refractivity contribution in [1.29, 1.82) is 0 Å². The molecule has 0 amide bonds. The van der Waals surface area contributed by atoms with Crippen molar-refractivity contribution in [2.75, 3.05) is 13.1 Å². The molecule has 4 nitrogen and oxygen atoms in total. The fourth-order valence-electron chi connectivity index (χ4n) is 5.64. The predicted octanol–water partition coefficient (Wildman–Crippen LogP) is 7.86. The molecule has 0 saturated carbocycles. The number of nitrogens with zero attached hydrogens (tertiary/aromatic N) is 2. The van der Waals surface area contributed by atoms with Crippen LogP contribution >= 0.6 is 16.1 Å². The van der Waals surface area contributed by atoms with E-state index in [0.29, 0.717) is 11.3 Å². The first kappa shape index (κ1) is 28.4. The zero-order valence-corrected chi connectivity index (χ0v) is 24.9. The zero-order chi connectivity index (χ0) is 26.9. The molecule has 1 heterocycles. The Balaban J connectivity index is 1.99. The van der Waals surface area contributed by atoms with Gasteiger partial charge in [0.25, 0.3) is 0 Å². The summed E-state index contributed by atoms with van der Waals surface area (Å²) in [6.07, 6.45) is 2.96. The number of aromatic hydroxyl groups is 1. The van der Waals surface area contributed by atoms with E-state index >= 15 is 0 Å². The van der Waals surface area contributed by atoms with Crippen LogP contribution in [0.25, 0.3) is 0 Å². The van der Waals surface area contributed by atoms with Gasteiger partial charge in [-0.1, -0.05) is 85.7 Å². The summed E-state index contributed by atoms with van der Waals surface area (Å²) in [4.78, 5) is 16.0. The highest BCUT2D eigenvalue weighted by molar-refractivity contribution is 9.08.